The predicted octanol–water partition coefficient (Wildman–Crippen LogP) is 2.58. The van der Waals surface area contributed by atoms with E-state index in [2.05, 4.69) is 4.98 Å². The zero-order chi connectivity index (χ0) is 15.7. The van der Waals surface area contributed by atoms with Crippen LogP contribution < -0.4 is 15.1 Å². The van der Waals surface area contributed by atoms with Crippen LogP contribution in [0.4, 0.5) is 0 Å². The van der Waals surface area contributed by atoms with E-state index in [4.69, 9.17) is 13.9 Å². The summed E-state index contributed by atoms with van der Waals surface area (Å²) >= 11 is 0. The molecule has 0 aliphatic carbocycles. The molecule has 0 saturated heterocycles. The maximum atomic E-state index is 12.2. The van der Waals surface area contributed by atoms with Crippen LogP contribution in [-0.4, -0.2) is 24.3 Å². The van der Waals surface area contributed by atoms with Crippen molar-refractivity contribution in [3.8, 4) is 28.7 Å². The molecule has 0 amide bonds. The Labute approximate surface area is 125 Å². The summed E-state index contributed by atoms with van der Waals surface area (Å²) in [6.45, 7) is 0. The fraction of sp³-hybridized carbons (Fsp3) is 0.125. The van der Waals surface area contributed by atoms with Gasteiger partial charge in [-0.05, 0) is 12.1 Å². The van der Waals surface area contributed by atoms with Gasteiger partial charge in [-0.15, -0.1) is 0 Å². The average Bonchev–Trinajstić information content (AvgIpc) is 2.54. The average molecular weight is 299 g/mol. The molecule has 2 aromatic carbocycles. The first kappa shape index (κ1) is 13.9. The van der Waals surface area contributed by atoms with Crippen molar-refractivity contribution in [2.45, 2.75) is 0 Å². The molecule has 6 heteroatoms. The van der Waals surface area contributed by atoms with Gasteiger partial charge >= 0.3 is 5.63 Å². The number of ether oxygens (including phenoxy) is 2. The van der Waals surface area contributed by atoms with Gasteiger partial charge in [0.25, 0.3) is 0 Å². The number of aromatic nitrogens is 1. The Morgan fingerprint density at radius 2 is 1.77 bits per heavy atom. The van der Waals surface area contributed by atoms with E-state index in [0.717, 1.165) is 0 Å². The standard InChI is InChI=1S/C16H13NO5/c1-20-13-7-10-11(8-14(13)21-2)17-15(22-16(10)19)9-5-3-4-6-12(9)18/h3-8,18H,1-2H3. The summed E-state index contributed by atoms with van der Waals surface area (Å²) in [6, 6.07) is 9.61. The molecular formula is C16H13NO5. The summed E-state index contributed by atoms with van der Waals surface area (Å²) in [5, 5.41) is 10.1. The first-order valence-corrected chi connectivity index (χ1v) is 6.49. The van der Waals surface area contributed by atoms with Gasteiger partial charge in [-0.2, -0.15) is 0 Å². The molecule has 0 saturated carbocycles. The highest BCUT2D eigenvalue weighted by atomic mass is 16.5. The number of nitrogens with zero attached hydrogens (tertiary/aromatic N) is 1. The van der Waals surface area contributed by atoms with Crippen molar-refractivity contribution in [1.82, 2.24) is 4.98 Å². The highest BCUT2D eigenvalue weighted by molar-refractivity contribution is 5.83. The van der Waals surface area contributed by atoms with Gasteiger partial charge in [-0.3, -0.25) is 0 Å². The summed E-state index contributed by atoms with van der Waals surface area (Å²) in [5.41, 5.74) is 0.174. The number of benzene rings is 2. The lowest BCUT2D eigenvalue weighted by Gasteiger charge is -2.09. The Balaban J connectivity index is 2.29. The first-order chi connectivity index (χ1) is 10.6. The quantitative estimate of drug-likeness (QED) is 0.800. The summed E-state index contributed by atoms with van der Waals surface area (Å²) in [5.74, 6) is 0.900. The van der Waals surface area contributed by atoms with Gasteiger partial charge in [0.05, 0.1) is 30.7 Å². The SMILES string of the molecule is COc1cc2nc(-c3ccccc3O)oc(=O)c2cc1OC. The van der Waals surface area contributed by atoms with Crippen LogP contribution in [0.25, 0.3) is 22.4 Å². The van der Waals surface area contributed by atoms with E-state index < -0.39 is 5.63 Å². The van der Waals surface area contributed by atoms with Gasteiger partial charge in [0.1, 0.15) is 5.75 Å². The Hall–Kier alpha value is -3.02. The molecule has 22 heavy (non-hydrogen) atoms. The maximum absolute atomic E-state index is 12.2. The molecule has 0 unspecified atom stereocenters. The van der Waals surface area contributed by atoms with Crippen molar-refractivity contribution < 1.29 is 19.0 Å². The van der Waals surface area contributed by atoms with Crippen molar-refractivity contribution in [3.63, 3.8) is 0 Å². The number of para-hydroxylation sites is 1. The summed E-state index contributed by atoms with van der Waals surface area (Å²) < 4.78 is 15.6. The van der Waals surface area contributed by atoms with Crippen molar-refractivity contribution >= 4 is 10.9 Å². The topological polar surface area (TPSA) is 81.8 Å². The number of phenolic OH excluding ortho intramolecular Hbond substituents is 1. The number of aromatic hydroxyl groups is 1. The zero-order valence-electron chi connectivity index (χ0n) is 12.0. The van der Waals surface area contributed by atoms with E-state index in [1.54, 1.807) is 24.3 Å². The van der Waals surface area contributed by atoms with Gasteiger partial charge in [0, 0.05) is 12.1 Å². The Kier molecular flexibility index (Phi) is 3.42. The van der Waals surface area contributed by atoms with Gasteiger partial charge in [-0.25, -0.2) is 9.78 Å². The lowest BCUT2D eigenvalue weighted by molar-refractivity contribution is 0.355. The van der Waals surface area contributed by atoms with E-state index in [0.29, 0.717) is 22.6 Å². The van der Waals surface area contributed by atoms with E-state index in [9.17, 15) is 9.90 Å². The van der Waals surface area contributed by atoms with Gasteiger partial charge in [0.15, 0.2) is 11.5 Å². The van der Waals surface area contributed by atoms with E-state index in [1.807, 2.05) is 0 Å². The molecule has 0 atom stereocenters. The third kappa shape index (κ3) is 2.24. The first-order valence-electron chi connectivity index (χ1n) is 6.49. The van der Waals surface area contributed by atoms with E-state index >= 15 is 0 Å². The van der Waals surface area contributed by atoms with Crippen LogP contribution >= 0.6 is 0 Å². The summed E-state index contributed by atoms with van der Waals surface area (Å²) in [6.07, 6.45) is 0. The molecule has 3 aromatic rings. The van der Waals surface area contributed by atoms with Gasteiger partial charge in [0.2, 0.25) is 5.89 Å². The van der Waals surface area contributed by atoms with Gasteiger partial charge in [-0.1, -0.05) is 12.1 Å². The van der Waals surface area contributed by atoms with Crippen LogP contribution in [0.3, 0.4) is 0 Å². The lowest BCUT2D eigenvalue weighted by atomic mass is 10.2. The monoisotopic (exact) mass is 299 g/mol. The Morgan fingerprint density at radius 1 is 1.09 bits per heavy atom. The molecule has 6 nitrogen and oxygen atoms in total. The summed E-state index contributed by atoms with van der Waals surface area (Å²) in [4.78, 5) is 16.5. The molecular weight excluding hydrogens is 286 g/mol. The normalized spacial score (nSPS) is 10.6. The van der Waals surface area contributed by atoms with Crippen molar-refractivity contribution in [3.05, 3.63) is 46.8 Å². The van der Waals surface area contributed by atoms with Crippen LogP contribution in [0.2, 0.25) is 0 Å². The number of hydrogen-bond donors (Lipinski definition) is 1. The van der Waals surface area contributed by atoms with Crippen LogP contribution in [0.5, 0.6) is 17.2 Å². The van der Waals surface area contributed by atoms with Crippen LogP contribution in [-0.2, 0) is 0 Å². The second kappa shape index (κ2) is 5.40. The molecule has 0 aliphatic heterocycles. The minimum atomic E-state index is -0.566. The number of phenols is 1. The molecule has 0 bridgehead atoms. The number of methoxy groups -OCH3 is 2. The van der Waals surface area contributed by atoms with E-state index in [-0.39, 0.29) is 17.0 Å². The van der Waals surface area contributed by atoms with Gasteiger partial charge < -0.3 is 19.0 Å². The third-order valence-electron chi connectivity index (χ3n) is 3.27. The maximum Gasteiger partial charge on any atom is 0.347 e. The molecule has 0 fully saturated rings. The smallest absolute Gasteiger partial charge is 0.347 e. The molecule has 1 heterocycles. The van der Waals surface area contributed by atoms with E-state index in [1.165, 1.54) is 26.4 Å². The highest BCUT2D eigenvalue weighted by Crippen LogP contribution is 2.32. The van der Waals surface area contributed by atoms with Crippen LogP contribution in [0.15, 0.2) is 45.6 Å². The fourth-order valence-electron chi connectivity index (χ4n) is 2.17. The van der Waals surface area contributed by atoms with Crippen molar-refractivity contribution in [2.24, 2.45) is 0 Å². The van der Waals surface area contributed by atoms with Crippen molar-refractivity contribution in [2.75, 3.05) is 14.2 Å². The molecule has 1 aromatic heterocycles. The zero-order valence-corrected chi connectivity index (χ0v) is 12.0. The minimum Gasteiger partial charge on any atom is -0.507 e. The second-order valence-corrected chi connectivity index (χ2v) is 4.55. The molecule has 1 N–H and O–H groups in total. The Morgan fingerprint density at radius 3 is 2.45 bits per heavy atom. The number of rotatable bonds is 3. The summed E-state index contributed by atoms with van der Waals surface area (Å²) in [7, 11) is 2.98. The highest BCUT2D eigenvalue weighted by Gasteiger charge is 2.15. The minimum absolute atomic E-state index is 0.0158. The van der Waals surface area contributed by atoms with Crippen molar-refractivity contribution in [1.29, 1.82) is 0 Å². The Bertz CT molecular complexity index is 901. The number of fused-ring (bicyclic) bond motifs is 1. The fourth-order valence-corrected chi connectivity index (χ4v) is 2.17. The molecule has 0 aliphatic rings. The molecule has 112 valence electrons. The largest absolute Gasteiger partial charge is 0.507 e. The van der Waals surface area contributed by atoms with Crippen LogP contribution in [0, 0.1) is 0 Å². The third-order valence-corrected chi connectivity index (χ3v) is 3.27. The van der Waals surface area contributed by atoms with Crippen LogP contribution in [0.1, 0.15) is 0 Å². The predicted molar refractivity (Wildman–Crippen MR) is 80.5 cm³/mol. The molecule has 0 spiro atoms. The lowest BCUT2D eigenvalue weighted by Crippen LogP contribution is -2.04. The number of hydrogen-bond acceptors (Lipinski definition) is 6. The molecule has 0 radical (unpaired) electrons. The second-order valence-electron chi connectivity index (χ2n) is 4.55. The molecule has 3 rings (SSSR count).